The molecule has 1 N–H and O–H groups in total. The molecule has 1 heterocycles. The van der Waals surface area contributed by atoms with Gasteiger partial charge in [0.1, 0.15) is 5.75 Å². The van der Waals surface area contributed by atoms with Crippen LogP contribution in [0.3, 0.4) is 0 Å². The summed E-state index contributed by atoms with van der Waals surface area (Å²) in [6.07, 6.45) is 1.01. The fourth-order valence-corrected chi connectivity index (χ4v) is 2.88. The van der Waals surface area contributed by atoms with Crippen molar-refractivity contribution in [3.63, 3.8) is 0 Å². The molecular formula is C17H19ClN2O. The summed E-state index contributed by atoms with van der Waals surface area (Å²) in [5.74, 6) is 1.03. The van der Waals surface area contributed by atoms with E-state index >= 15 is 0 Å². The Morgan fingerprint density at radius 1 is 1.19 bits per heavy atom. The summed E-state index contributed by atoms with van der Waals surface area (Å²) in [5, 5.41) is 4.17. The van der Waals surface area contributed by atoms with Gasteiger partial charge in [0.2, 0.25) is 0 Å². The summed E-state index contributed by atoms with van der Waals surface area (Å²) < 4.78 is 5.53. The van der Waals surface area contributed by atoms with Crippen molar-refractivity contribution in [1.82, 2.24) is 0 Å². The van der Waals surface area contributed by atoms with Gasteiger partial charge in [0.05, 0.1) is 17.3 Å². The lowest BCUT2D eigenvalue weighted by Crippen LogP contribution is -2.09. The van der Waals surface area contributed by atoms with Gasteiger partial charge in [-0.3, -0.25) is 0 Å². The molecule has 110 valence electrons. The summed E-state index contributed by atoms with van der Waals surface area (Å²) in [4.78, 5) is 2.01. The third-order valence-corrected chi connectivity index (χ3v) is 3.98. The highest BCUT2D eigenvalue weighted by molar-refractivity contribution is 6.33. The zero-order valence-corrected chi connectivity index (χ0v) is 13.1. The molecule has 0 fully saturated rings. The minimum Gasteiger partial charge on any atom is -0.493 e. The molecule has 0 aromatic heterocycles. The van der Waals surface area contributed by atoms with Crippen LogP contribution in [0.25, 0.3) is 0 Å². The average molecular weight is 303 g/mol. The first-order valence-electron chi connectivity index (χ1n) is 7.09. The van der Waals surface area contributed by atoms with Gasteiger partial charge >= 0.3 is 0 Å². The number of nitrogens with zero attached hydrogens (tertiary/aromatic N) is 1. The molecule has 2 aromatic rings. The third-order valence-electron chi connectivity index (χ3n) is 3.68. The highest BCUT2D eigenvalue weighted by atomic mass is 35.5. The van der Waals surface area contributed by atoms with Gasteiger partial charge in [-0.1, -0.05) is 23.7 Å². The second-order valence-corrected chi connectivity index (χ2v) is 5.86. The number of hydrogen-bond acceptors (Lipinski definition) is 3. The van der Waals surface area contributed by atoms with Gasteiger partial charge in [-0.15, -0.1) is 0 Å². The van der Waals surface area contributed by atoms with Crippen molar-refractivity contribution >= 4 is 23.0 Å². The van der Waals surface area contributed by atoms with E-state index in [1.165, 1.54) is 11.1 Å². The first kappa shape index (κ1) is 14.1. The maximum atomic E-state index is 6.28. The predicted molar refractivity (Wildman–Crippen MR) is 88.7 cm³/mol. The zero-order valence-electron chi connectivity index (χ0n) is 12.3. The van der Waals surface area contributed by atoms with Crippen LogP contribution in [0.2, 0.25) is 5.02 Å². The van der Waals surface area contributed by atoms with Crippen molar-refractivity contribution in [1.29, 1.82) is 0 Å². The number of hydrogen-bond donors (Lipinski definition) is 1. The summed E-state index contributed by atoms with van der Waals surface area (Å²) in [6.45, 7) is 1.58. The van der Waals surface area contributed by atoms with Crippen molar-refractivity contribution in [3.05, 3.63) is 52.5 Å². The van der Waals surface area contributed by atoms with E-state index in [-0.39, 0.29) is 0 Å². The molecule has 0 atom stereocenters. The minimum absolute atomic E-state index is 0.757. The molecule has 1 aliphatic rings. The van der Waals surface area contributed by atoms with Gasteiger partial charge in [-0.05, 0) is 35.4 Å². The number of rotatable bonds is 4. The standard InChI is InChI=1S/C17H19ClN2O/c1-20(2)16-5-4-14(10-15(16)18)19-11-12-3-6-17-13(9-12)7-8-21-17/h3-6,9-10,19H,7-8,11H2,1-2H3. The molecule has 4 heteroatoms. The zero-order chi connectivity index (χ0) is 14.8. The molecule has 21 heavy (non-hydrogen) atoms. The number of halogens is 1. The van der Waals surface area contributed by atoms with Crippen LogP contribution in [0.15, 0.2) is 36.4 Å². The van der Waals surface area contributed by atoms with Crippen molar-refractivity contribution in [3.8, 4) is 5.75 Å². The summed E-state index contributed by atoms with van der Waals surface area (Å²) in [6, 6.07) is 12.4. The Morgan fingerprint density at radius 2 is 2.05 bits per heavy atom. The molecule has 0 spiro atoms. The van der Waals surface area contributed by atoms with E-state index in [4.69, 9.17) is 16.3 Å². The molecule has 2 aromatic carbocycles. The normalized spacial score (nSPS) is 12.7. The topological polar surface area (TPSA) is 24.5 Å². The van der Waals surface area contributed by atoms with Gasteiger partial charge < -0.3 is 15.0 Å². The summed E-state index contributed by atoms with van der Waals surface area (Å²) in [5.41, 5.74) is 4.61. The van der Waals surface area contributed by atoms with Crippen LogP contribution in [0, 0.1) is 0 Å². The molecule has 0 unspecified atom stereocenters. The molecular weight excluding hydrogens is 284 g/mol. The Balaban J connectivity index is 1.69. The molecule has 3 rings (SSSR count). The predicted octanol–water partition coefficient (Wildman–Crippen LogP) is 3.95. The number of fused-ring (bicyclic) bond motifs is 1. The number of nitrogens with one attached hydrogen (secondary N) is 1. The molecule has 0 radical (unpaired) electrons. The van der Waals surface area contributed by atoms with E-state index < -0.39 is 0 Å². The Hall–Kier alpha value is -1.87. The van der Waals surface area contributed by atoms with Crippen molar-refractivity contribution in [2.45, 2.75) is 13.0 Å². The van der Waals surface area contributed by atoms with E-state index in [0.717, 1.165) is 41.7 Å². The summed E-state index contributed by atoms with van der Waals surface area (Å²) >= 11 is 6.28. The highest BCUT2D eigenvalue weighted by Gasteiger charge is 2.11. The Labute approximate surface area is 130 Å². The van der Waals surface area contributed by atoms with Crippen LogP contribution in [-0.2, 0) is 13.0 Å². The van der Waals surface area contributed by atoms with E-state index in [1.54, 1.807) is 0 Å². The molecule has 3 nitrogen and oxygen atoms in total. The van der Waals surface area contributed by atoms with Crippen molar-refractivity contribution in [2.24, 2.45) is 0 Å². The SMILES string of the molecule is CN(C)c1ccc(NCc2ccc3c(c2)CCO3)cc1Cl. The maximum Gasteiger partial charge on any atom is 0.122 e. The average Bonchev–Trinajstić information content (AvgIpc) is 2.92. The first-order chi connectivity index (χ1) is 10.1. The fraction of sp³-hybridized carbons (Fsp3) is 0.294. The van der Waals surface area contributed by atoms with Crippen LogP contribution in [-0.4, -0.2) is 20.7 Å². The van der Waals surface area contributed by atoms with E-state index in [2.05, 4.69) is 29.6 Å². The molecule has 0 amide bonds. The fourth-order valence-electron chi connectivity index (χ4n) is 2.53. The summed E-state index contributed by atoms with van der Waals surface area (Å²) in [7, 11) is 3.97. The van der Waals surface area contributed by atoms with Gasteiger partial charge in [-0.2, -0.15) is 0 Å². The van der Waals surface area contributed by atoms with E-state index in [0.29, 0.717) is 0 Å². The van der Waals surface area contributed by atoms with Crippen LogP contribution in [0.4, 0.5) is 11.4 Å². The van der Waals surface area contributed by atoms with Crippen LogP contribution >= 0.6 is 11.6 Å². The van der Waals surface area contributed by atoms with Gasteiger partial charge in [-0.25, -0.2) is 0 Å². The van der Waals surface area contributed by atoms with Crippen LogP contribution < -0.4 is 15.0 Å². The quantitative estimate of drug-likeness (QED) is 0.925. The number of anilines is 2. The lowest BCUT2D eigenvalue weighted by Gasteiger charge is -2.16. The second-order valence-electron chi connectivity index (χ2n) is 5.45. The lowest BCUT2D eigenvalue weighted by molar-refractivity contribution is 0.357. The van der Waals surface area contributed by atoms with Crippen LogP contribution in [0.1, 0.15) is 11.1 Å². The largest absolute Gasteiger partial charge is 0.493 e. The van der Waals surface area contributed by atoms with E-state index in [9.17, 15) is 0 Å². The van der Waals surface area contributed by atoms with E-state index in [1.807, 2.05) is 31.1 Å². The smallest absolute Gasteiger partial charge is 0.122 e. The first-order valence-corrected chi connectivity index (χ1v) is 7.46. The van der Waals surface area contributed by atoms with Gasteiger partial charge in [0.15, 0.2) is 0 Å². The Bertz CT molecular complexity index is 655. The lowest BCUT2D eigenvalue weighted by atomic mass is 10.1. The van der Waals surface area contributed by atoms with Crippen LogP contribution in [0.5, 0.6) is 5.75 Å². The number of benzene rings is 2. The van der Waals surface area contributed by atoms with Gasteiger partial charge in [0.25, 0.3) is 0 Å². The maximum absolute atomic E-state index is 6.28. The highest BCUT2D eigenvalue weighted by Crippen LogP contribution is 2.29. The molecule has 0 saturated heterocycles. The molecule has 0 aliphatic carbocycles. The number of ether oxygens (including phenoxy) is 1. The van der Waals surface area contributed by atoms with Crippen molar-refractivity contribution in [2.75, 3.05) is 30.9 Å². The molecule has 0 saturated carbocycles. The minimum atomic E-state index is 0.757. The Kier molecular flexibility index (Phi) is 3.93. The molecule has 1 aliphatic heterocycles. The Morgan fingerprint density at radius 3 is 2.81 bits per heavy atom. The van der Waals surface area contributed by atoms with Crippen molar-refractivity contribution < 1.29 is 4.74 Å². The third kappa shape index (κ3) is 3.08. The van der Waals surface area contributed by atoms with Gasteiger partial charge in [0, 0.05) is 32.7 Å². The molecule has 0 bridgehead atoms. The monoisotopic (exact) mass is 302 g/mol. The second kappa shape index (κ2) is 5.86.